The summed E-state index contributed by atoms with van der Waals surface area (Å²) >= 11 is 0. The van der Waals surface area contributed by atoms with Crippen LogP contribution in [0.15, 0.2) is 24.3 Å². The Labute approximate surface area is 118 Å². The van der Waals surface area contributed by atoms with E-state index in [1.807, 2.05) is 0 Å². The number of hydrogen-bond acceptors (Lipinski definition) is 4. The number of nitrogens with zero attached hydrogens (tertiary/aromatic N) is 1. The van der Waals surface area contributed by atoms with Gasteiger partial charge in [0.1, 0.15) is 5.82 Å². The summed E-state index contributed by atoms with van der Waals surface area (Å²) in [5.41, 5.74) is 0.362. The van der Waals surface area contributed by atoms with Crippen LogP contribution in [0.1, 0.15) is 24.5 Å². The Kier molecular flexibility index (Phi) is 4.03. The number of hydrogen-bond donors (Lipinski definition) is 1. The van der Waals surface area contributed by atoms with Crippen molar-refractivity contribution in [3.05, 3.63) is 35.6 Å². The molecule has 1 aromatic carbocycles. The quantitative estimate of drug-likeness (QED) is 0.915. The molecule has 5 heteroatoms. The lowest BCUT2D eigenvalue weighted by molar-refractivity contribution is -0.186. The van der Waals surface area contributed by atoms with E-state index in [1.165, 1.54) is 6.07 Å². The number of β-amino-alcohol motifs (C(OH)–C–C–N with tert-alkyl or cyclic N) is 1. The Bertz CT molecular complexity index is 452. The van der Waals surface area contributed by atoms with Gasteiger partial charge < -0.3 is 19.5 Å². The molecule has 2 saturated heterocycles. The van der Waals surface area contributed by atoms with Gasteiger partial charge in [-0.3, -0.25) is 0 Å². The van der Waals surface area contributed by atoms with Crippen molar-refractivity contribution in [1.29, 1.82) is 0 Å². The lowest BCUT2D eigenvalue weighted by atomic mass is 10.0. The summed E-state index contributed by atoms with van der Waals surface area (Å²) in [5, 5.41) is 10.2. The van der Waals surface area contributed by atoms with Crippen LogP contribution in [0, 0.1) is 5.82 Å². The van der Waals surface area contributed by atoms with Crippen LogP contribution in [0.25, 0.3) is 0 Å². The topological polar surface area (TPSA) is 41.9 Å². The number of aliphatic hydroxyl groups is 1. The first-order valence-electron chi connectivity index (χ1n) is 7.11. The summed E-state index contributed by atoms with van der Waals surface area (Å²) in [6, 6.07) is 6.39. The second-order valence-electron chi connectivity index (χ2n) is 5.45. The fourth-order valence-corrected chi connectivity index (χ4v) is 2.95. The van der Waals surface area contributed by atoms with Gasteiger partial charge in [0.2, 0.25) is 0 Å². The number of aliphatic hydroxyl groups excluding tert-OH is 1. The van der Waals surface area contributed by atoms with E-state index in [2.05, 4.69) is 4.90 Å². The number of piperidine rings is 1. The first-order valence-corrected chi connectivity index (χ1v) is 7.11. The zero-order valence-corrected chi connectivity index (χ0v) is 11.4. The van der Waals surface area contributed by atoms with E-state index < -0.39 is 11.9 Å². The third-order valence-electron chi connectivity index (χ3n) is 4.13. The molecule has 2 aliphatic heterocycles. The largest absolute Gasteiger partial charge is 0.387 e. The van der Waals surface area contributed by atoms with Gasteiger partial charge in [-0.25, -0.2) is 4.39 Å². The Morgan fingerprint density at radius 2 is 1.85 bits per heavy atom. The van der Waals surface area contributed by atoms with Crippen LogP contribution in [0.5, 0.6) is 0 Å². The molecule has 1 spiro atoms. The summed E-state index contributed by atoms with van der Waals surface area (Å²) in [4.78, 5) is 2.13. The molecule has 1 aromatic rings. The summed E-state index contributed by atoms with van der Waals surface area (Å²) in [6.45, 7) is 3.36. The Morgan fingerprint density at radius 3 is 2.50 bits per heavy atom. The maximum atomic E-state index is 13.6. The maximum absolute atomic E-state index is 13.6. The van der Waals surface area contributed by atoms with Crippen molar-refractivity contribution in [2.24, 2.45) is 0 Å². The lowest BCUT2D eigenvalue weighted by Crippen LogP contribution is -2.46. The minimum atomic E-state index is -0.796. The van der Waals surface area contributed by atoms with Crippen molar-refractivity contribution < 1.29 is 19.0 Å². The number of ether oxygens (including phenoxy) is 2. The normalized spacial score (nSPS) is 24.1. The predicted octanol–water partition coefficient (Wildman–Crippen LogP) is 1.70. The Balaban J connectivity index is 1.56. The van der Waals surface area contributed by atoms with Crippen LogP contribution in [0.4, 0.5) is 4.39 Å². The molecule has 0 amide bonds. The maximum Gasteiger partial charge on any atom is 0.170 e. The molecule has 20 heavy (non-hydrogen) atoms. The fourth-order valence-electron chi connectivity index (χ4n) is 2.95. The van der Waals surface area contributed by atoms with Crippen molar-refractivity contribution in [2.45, 2.75) is 24.7 Å². The van der Waals surface area contributed by atoms with E-state index in [9.17, 15) is 9.50 Å². The van der Waals surface area contributed by atoms with Gasteiger partial charge in [-0.1, -0.05) is 18.2 Å². The van der Waals surface area contributed by atoms with E-state index in [4.69, 9.17) is 9.47 Å². The fraction of sp³-hybridized carbons (Fsp3) is 0.600. The van der Waals surface area contributed by atoms with Crippen LogP contribution >= 0.6 is 0 Å². The van der Waals surface area contributed by atoms with E-state index in [0.29, 0.717) is 25.3 Å². The first kappa shape index (κ1) is 13.9. The van der Waals surface area contributed by atoms with Gasteiger partial charge in [-0.15, -0.1) is 0 Å². The van der Waals surface area contributed by atoms with Crippen molar-refractivity contribution in [2.75, 3.05) is 32.8 Å². The summed E-state index contributed by atoms with van der Waals surface area (Å²) in [5.74, 6) is -0.754. The van der Waals surface area contributed by atoms with Gasteiger partial charge in [0, 0.05) is 38.0 Å². The number of benzene rings is 1. The molecule has 0 saturated carbocycles. The summed E-state index contributed by atoms with van der Waals surface area (Å²) < 4.78 is 25.0. The molecular formula is C15H20FNO3. The minimum absolute atomic E-state index is 0.351. The molecule has 4 nitrogen and oxygen atoms in total. The first-order chi connectivity index (χ1) is 9.69. The molecule has 0 aliphatic carbocycles. The average molecular weight is 281 g/mol. The molecule has 3 rings (SSSR count). The van der Waals surface area contributed by atoms with Crippen molar-refractivity contribution in [3.8, 4) is 0 Å². The molecule has 1 unspecified atom stereocenters. The molecule has 2 fully saturated rings. The SMILES string of the molecule is OC(CN1CCC2(CC1)OCCO2)c1ccccc1F. The highest BCUT2D eigenvalue weighted by atomic mass is 19.1. The van der Waals surface area contributed by atoms with E-state index >= 15 is 0 Å². The second-order valence-corrected chi connectivity index (χ2v) is 5.45. The van der Waals surface area contributed by atoms with Gasteiger partial charge in [-0.2, -0.15) is 0 Å². The third-order valence-corrected chi connectivity index (χ3v) is 4.13. The van der Waals surface area contributed by atoms with E-state index in [1.54, 1.807) is 18.2 Å². The molecule has 2 aliphatic rings. The van der Waals surface area contributed by atoms with Crippen LogP contribution in [-0.2, 0) is 9.47 Å². The molecule has 0 aromatic heterocycles. The number of halogens is 1. The summed E-state index contributed by atoms with van der Waals surface area (Å²) in [6.07, 6.45) is 0.809. The highest BCUT2D eigenvalue weighted by molar-refractivity contribution is 5.20. The lowest BCUT2D eigenvalue weighted by Gasteiger charge is -2.38. The van der Waals surface area contributed by atoms with Crippen molar-refractivity contribution in [3.63, 3.8) is 0 Å². The molecule has 110 valence electrons. The van der Waals surface area contributed by atoms with Gasteiger partial charge in [0.15, 0.2) is 5.79 Å². The molecule has 0 radical (unpaired) electrons. The van der Waals surface area contributed by atoms with E-state index in [-0.39, 0.29) is 5.82 Å². The highest BCUT2D eigenvalue weighted by Gasteiger charge is 2.39. The standard InChI is InChI=1S/C15H20FNO3/c16-13-4-2-1-3-12(13)14(18)11-17-7-5-15(6-8-17)19-9-10-20-15/h1-4,14,18H,5-11H2. The minimum Gasteiger partial charge on any atom is -0.387 e. The van der Waals surface area contributed by atoms with Crippen molar-refractivity contribution >= 4 is 0 Å². The van der Waals surface area contributed by atoms with Gasteiger partial charge in [0.25, 0.3) is 0 Å². The molecule has 1 N–H and O–H groups in total. The zero-order chi connectivity index (χ0) is 14.0. The van der Waals surface area contributed by atoms with Crippen LogP contribution < -0.4 is 0 Å². The number of rotatable bonds is 3. The molecular weight excluding hydrogens is 261 g/mol. The molecule has 0 bridgehead atoms. The molecule has 2 heterocycles. The van der Waals surface area contributed by atoms with Gasteiger partial charge in [0.05, 0.1) is 19.3 Å². The Hall–Kier alpha value is -1.01. The zero-order valence-electron chi connectivity index (χ0n) is 11.4. The van der Waals surface area contributed by atoms with Crippen LogP contribution in [-0.4, -0.2) is 48.6 Å². The van der Waals surface area contributed by atoms with Gasteiger partial charge >= 0.3 is 0 Å². The second kappa shape index (κ2) is 5.77. The third kappa shape index (κ3) is 2.86. The Morgan fingerprint density at radius 1 is 1.20 bits per heavy atom. The number of likely N-dealkylation sites (tertiary alicyclic amines) is 1. The highest BCUT2D eigenvalue weighted by Crippen LogP contribution is 2.32. The van der Waals surface area contributed by atoms with Gasteiger partial charge in [-0.05, 0) is 6.07 Å². The van der Waals surface area contributed by atoms with Crippen LogP contribution in [0.2, 0.25) is 0 Å². The van der Waals surface area contributed by atoms with E-state index in [0.717, 1.165) is 25.9 Å². The average Bonchev–Trinajstić information content (AvgIpc) is 2.90. The smallest absolute Gasteiger partial charge is 0.170 e. The molecule has 1 atom stereocenters. The van der Waals surface area contributed by atoms with Crippen LogP contribution in [0.3, 0.4) is 0 Å². The predicted molar refractivity (Wildman–Crippen MR) is 71.7 cm³/mol. The summed E-state index contributed by atoms with van der Waals surface area (Å²) in [7, 11) is 0. The monoisotopic (exact) mass is 281 g/mol. The van der Waals surface area contributed by atoms with Crippen molar-refractivity contribution in [1.82, 2.24) is 4.90 Å².